The van der Waals surface area contributed by atoms with Gasteiger partial charge in [0.15, 0.2) is 6.61 Å². The zero-order valence-corrected chi connectivity index (χ0v) is 35.2. The highest BCUT2D eigenvalue weighted by Crippen LogP contribution is 2.30. The van der Waals surface area contributed by atoms with Crippen LogP contribution in [-0.4, -0.2) is 86.5 Å². The molecule has 6 atom stereocenters. The summed E-state index contributed by atoms with van der Waals surface area (Å²) in [6, 6.07) is 16.5. The van der Waals surface area contributed by atoms with Gasteiger partial charge in [-0.05, 0) is 54.2 Å². The lowest BCUT2D eigenvalue weighted by atomic mass is 9.81. The monoisotopic (exact) mass is 809 g/mol. The number of hydrogen-bond donors (Lipinski definition) is 5. The first-order chi connectivity index (χ1) is 28.4. The molecule has 13 nitrogen and oxygen atoms in total. The Morgan fingerprint density at radius 3 is 2.37 bits per heavy atom. The Balaban J connectivity index is 1.31. The number of likely N-dealkylation sites (N-methyl/N-ethyl adjacent to an activating group) is 1. The number of benzene rings is 2. The first kappa shape index (κ1) is 44.8. The maximum atomic E-state index is 14.4. The van der Waals surface area contributed by atoms with Crippen LogP contribution in [0.4, 0.5) is 0 Å². The summed E-state index contributed by atoms with van der Waals surface area (Å²) in [7, 11) is 1.58. The van der Waals surface area contributed by atoms with Crippen molar-refractivity contribution in [2.24, 2.45) is 23.7 Å². The highest BCUT2D eigenvalue weighted by molar-refractivity contribution is 5.91. The van der Waals surface area contributed by atoms with Gasteiger partial charge in [0.1, 0.15) is 17.8 Å². The van der Waals surface area contributed by atoms with Crippen LogP contribution < -0.4 is 20.7 Å². The van der Waals surface area contributed by atoms with Crippen molar-refractivity contribution in [2.45, 2.75) is 116 Å². The van der Waals surface area contributed by atoms with E-state index in [1.54, 1.807) is 19.4 Å². The quantitative estimate of drug-likeness (QED) is 0.0709. The molecule has 0 bridgehead atoms. The van der Waals surface area contributed by atoms with Crippen LogP contribution in [0.3, 0.4) is 0 Å². The summed E-state index contributed by atoms with van der Waals surface area (Å²) in [4.78, 5) is 68.6. The molecular weight excluding hydrogens is 747 g/mol. The number of nitrogens with zero attached hydrogens (tertiary/aromatic N) is 3. The number of rotatable bonds is 21. The van der Waals surface area contributed by atoms with E-state index in [1.165, 1.54) is 11.2 Å². The van der Waals surface area contributed by atoms with Gasteiger partial charge < -0.3 is 35.7 Å². The van der Waals surface area contributed by atoms with Gasteiger partial charge in [-0.25, -0.2) is 4.98 Å². The number of ether oxygens (including phenoxy) is 1. The van der Waals surface area contributed by atoms with Gasteiger partial charge in [-0.3, -0.25) is 24.2 Å². The second-order valence-corrected chi connectivity index (χ2v) is 16.5. The number of amides is 4. The van der Waals surface area contributed by atoms with Gasteiger partial charge in [-0.15, -0.1) is 0 Å². The van der Waals surface area contributed by atoms with E-state index in [-0.39, 0.29) is 55.6 Å². The molecule has 2 aromatic carbocycles. The molecule has 2 unspecified atom stereocenters. The Kier molecular flexibility index (Phi) is 16.8. The Morgan fingerprint density at radius 2 is 1.68 bits per heavy atom. The van der Waals surface area contributed by atoms with E-state index >= 15 is 0 Å². The predicted molar refractivity (Wildman–Crippen MR) is 228 cm³/mol. The molecule has 0 saturated heterocycles. The number of carbonyl (C=O) groups excluding carboxylic acids is 4. The molecule has 1 saturated carbocycles. The molecule has 5 N–H and O–H groups in total. The second kappa shape index (κ2) is 22.2. The number of aromatic nitrogens is 3. The lowest BCUT2D eigenvalue weighted by Crippen LogP contribution is -2.56. The van der Waals surface area contributed by atoms with Gasteiger partial charge >= 0.3 is 0 Å². The smallest absolute Gasteiger partial charge is 0.260 e. The van der Waals surface area contributed by atoms with Crippen molar-refractivity contribution in [3.63, 3.8) is 0 Å². The van der Waals surface area contributed by atoms with Crippen LogP contribution in [0.15, 0.2) is 79.4 Å². The summed E-state index contributed by atoms with van der Waals surface area (Å²) < 4.78 is 6.02. The Bertz CT molecular complexity index is 1930. The first-order valence-corrected chi connectivity index (χ1v) is 21.2. The minimum atomic E-state index is -1.08. The summed E-state index contributed by atoms with van der Waals surface area (Å²) in [5.74, 6) is -1.56. The number of imidazole rings is 1. The fraction of sp³-hybridized carbons (Fsp3) is 0.522. The lowest BCUT2D eigenvalue weighted by Gasteiger charge is -2.35. The van der Waals surface area contributed by atoms with E-state index in [2.05, 4.69) is 30.9 Å². The molecule has 13 heteroatoms. The standard InChI is InChI=1S/C46H63N7O6/c1-6-31(4)43(46(58)49-27-34-19-12-13-22-48-34)52-44(56)37(30(2)3)25-40(54)38(23-32-15-8-7-9-16-32)51-45(57)39(24-35-26-47-29-50-35)53(5)42(55)28-59-41-21-14-18-33-17-10-11-20-36(33)41/h10-14,17-22,26,29-32,37-40,43,54H,6-9,15-16,23-25,27-28H2,1-5H3,(H,47,50)(H,49,58)(H,51,57)(H,52,56)/t31?,37-,38-,39?,40-,43-/m0/s1. The third kappa shape index (κ3) is 12.8. The topological polar surface area (TPSA) is 179 Å². The van der Waals surface area contributed by atoms with Gasteiger partial charge in [0.05, 0.1) is 30.7 Å². The van der Waals surface area contributed by atoms with E-state index in [0.29, 0.717) is 30.0 Å². The number of nitrogens with one attached hydrogen (secondary N) is 4. The average Bonchev–Trinajstić information content (AvgIpc) is 3.78. The Hall–Kier alpha value is -5.30. The zero-order valence-electron chi connectivity index (χ0n) is 35.2. The summed E-state index contributed by atoms with van der Waals surface area (Å²) in [6.45, 7) is 7.70. The number of H-pyrrole nitrogens is 1. The van der Waals surface area contributed by atoms with Crippen molar-refractivity contribution >= 4 is 34.4 Å². The predicted octanol–water partition coefficient (Wildman–Crippen LogP) is 5.73. The molecule has 0 radical (unpaired) electrons. The molecule has 1 aliphatic carbocycles. The average molecular weight is 810 g/mol. The van der Waals surface area contributed by atoms with Gasteiger partial charge in [0.2, 0.25) is 17.7 Å². The van der Waals surface area contributed by atoms with Crippen molar-refractivity contribution in [1.82, 2.24) is 35.8 Å². The van der Waals surface area contributed by atoms with Crippen molar-refractivity contribution in [2.75, 3.05) is 13.7 Å². The maximum Gasteiger partial charge on any atom is 0.260 e. The van der Waals surface area contributed by atoms with E-state index in [1.807, 2.05) is 88.4 Å². The molecule has 1 aliphatic rings. The Labute approximate surface area is 348 Å². The van der Waals surface area contributed by atoms with Crippen molar-refractivity contribution < 1.29 is 29.0 Å². The molecule has 4 aromatic rings. The number of aliphatic hydroxyl groups excluding tert-OH is 1. The van der Waals surface area contributed by atoms with Gasteiger partial charge in [-0.2, -0.15) is 0 Å². The third-order valence-electron chi connectivity index (χ3n) is 11.9. The second-order valence-electron chi connectivity index (χ2n) is 16.5. The number of fused-ring (bicyclic) bond motifs is 1. The van der Waals surface area contributed by atoms with Crippen molar-refractivity contribution in [3.8, 4) is 5.75 Å². The van der Waals surface area contributed by atoms with E-state index in [4.69, 9.17) is 4.74 Å². The number of carbonyl (C=O) groups is 4. The van der Waals surface area contributed by atoms with Crippen LogP contribution in [0.2, 0.25) is 0 Å². The van der Waals surface area contributed by atoms with E-state index in [9.17, 15) is 24.3 Å². The van der Waals surface area contributed by atoms with Crippen LogP contribution in [-0.2, 0) is 32.1 Å². The van der Waals surface area contributed by atoms with E-state index < -0.39 is 42.0 Å². The highest BCUT2D eigenvalue weighted by atomic mass is 16.5. The van der Waals surface area contributed by atoms with Crippen molar-refractivity contribution in [3.05, 3.63) is 90.8 Å². The van der Waals surface area contributed by atoms with Crippen LogP contribution in [0, 0.1) is 23.7 Å². The third-order valence-corrected chi connectivity index (χ3v) is 11.9. The largest absolute Gasteiger partial charge is 0.483 e. The molecule has 1 fully saturated rings. The van der Waals surface area contributed by atoms with Crippen molar-refractivity contribution in [1.29, 1.82) is 0 Å². The molecule has 59 heavy (non-hydrogen) atoms. The SMILES string of the molecule is CCC(C)[C@H](NC(=O)[C@@H](C[C@H](O)[C@H](CC1CCCCC1)NC(=O)C(Cc1cnc[nH]1)N(C)C(=O)COc1cccc2ccccc12)C(C)C)C(=O)NCc1ccccn1. The molecule has 318 valence electrons. The highest BCUT2D eigenvalue weighted by Gasteiger charge is 2.37. The number of hydrogen-bond acceptors (Lipinski definition) is 8. The number of pyridine rings is 1. The number of aromatic amines is 1. The molecular formula is C46H63N7O6. The minimum absolute atomic E-state index is 0.0722. The summed E-state index contributed by atoms with van der Waals surface area (Å²) in [5.41, 5.74) is 1.38. The fourth-order valence-electron chi connectivity index (χ4n) is 7.98. The molecule has 4 amide bonds. The summed E-state index contributed by atoms with van der Waals surface area (Å²) >= 11 is 0. The summed E-state index contributed by atoms with van der Waals surface area (Å²) in [5, 5.41) is 23.0. The zero-order chi connectivity index (χ0) is 42.3. The molecule has 5 rings (SSSR count). The fourth-order valence-corrected chi connectivity index (χ4v) is 7.98. The van der Waals surface area contributed by atoms with Crippen LogP contribution >= 0.6 is 0 Å². The maximum absolute atomic E-state index is 14.4. The normalized spacial score (nSPS) is 16.3. The van der Waals surface area contributed by atoms with Gasteiger partial charge in [-0.1, -0.05) is 109 Å². The van der Waals surface area contributed by atoms with Gasteiger partial charge in [0, 0.05) is 42.9 Å². The molecule has 0 aliphatic heterocycles. The van der Waals surface area contributed by atoms with Crippen LogP contribution in [0.25, 0.3) is 10.8 Å². The first-order valence-electron chi connectivity index (χ1n) is 21.2. The van der Waals surface area contributed by atoms with E-state index in [0.717, 1.165) is 42.9 Å². The van der Waals surface area contributed by atoms with Gasteiger partial charge in [0.25, 0.3) is 5.91 Å². The minimum Gasteiger partial charge on any atom is -0.483 e. The van der Waals surface area contributed by atoms with Crippen LogP contribution in [0.5, 0.6) is 5.75 Å². The Morgan fingerprint density at radius 1 is 0.932 bits per heavy atom. The molecule has 2 heterocycles. The molecule has 2 aromatic heterocycles. The van der Waals surface area contributed by atoms with Crippen LogP contribution in [0.1, 0.15) is 90.4 Å². The molecule has 0 spiro atoms. The number of aliphatic hydroxyl groups is 1. The summed E-state index contributed by atoms with van der Waals surface area (Å²) in [6.07, 6.45) is 10.4. The lowest BCUT2D eigenvalue weighted by molar-refractivity contribution is -0.141.